The van der Waals surface area contributed by atoms with Gasteiger partial charge in [0.15, 0.2) is 0 Å². The Balaban J connectivity index is 3.15. The molecular weight excluding hydrogens is 562 g/mol. The minimum Gasteiger partial charge on any atom is -0.480 e. The molecule has 0 aliphatic heterocycles. The molecule has 0 aliphatic rings. The molecule has 0 aromatic heterocycles. The van der Waals surface area contributed by atoms with Gasteiger partial charge in [0.1, 0.15) is 18.1 Å². The third kappa shape index (κ3) is 13.9. The molecule has 0 saturated heterocycles. The van der Waals surface area contributed by atoms with E-state index in [0.29, 0.717) is 25.7 Å². The van der Waals surface area contributed by atoms with Crippen molar-refractivity contribution in [2.24, 2.45) is 29.4 Å². The Morgan fingerprint density at radius 1 is 0.750 bits per heavy atom. The summed E-state index contributed by atoms with van der Waals surface area (Å²) in [5, 5.41) is 20.7. The number of carbonyl (C=O) groups is 5. The van der Waals surface area contributed by atoms with Crippen LogP contribution in [0.1, 0.15) is 86.6 Å². The maximum absolute atomic E-state index is 13.5. The van der Waals surface area contributed by atoms with Crippen LogP contribution in [0.3, 0.4) is 0 Å². The molecule has 1 aromatic carbocycles. The molecule has 1 aromatic rings. The number of rotatable bonds is 19. The van der Waals surface area contributed by atoms with E-state index in [1.165, 1.54) is 0 Å². The normalized spacial score (nSPS) is 15.5. The molecule has 1 rings (SSSR count). The molecule has 0 saturated carbocycles. The molecule has 6 atom stereocenters. The van der Waals surface area contributed by atoms with Crippen LogP contribution in [0.25, 0.3) is 0 Å². The van der Waals surface area contributed by atoms with Gasteiger partial charge in [0.05, 0.1) is 0 Å². The average Bonchev–Trinajstić information content (AvgIpc) is 2.92. The highest BCUT2D eigenvalue weighted by atomic mass is 16.4. The molecule has 248 valence electrons. The van der Waals surface area contributed by atoms with E-state index in [-0.39, 0.29) is 41.9 Å². The quantitative estimate of drug-likeness (QED) is 0.138. The Kier molecular flexibility index (Phi) is 16.7. The van der Waals surface area contributed by atoms with Crippen molar-refractivity contribution < 1.29 is 29.1 Å². The van der Waals surface area contributed by atoms with Crippen LogP contribution in [0, 0.1) is 23.7 Å². The van der Waals surface area contributed by atoms with Crippen LogP contribution in [0.4, 0.5) is 0 Å². The Hall–Kier alpha value is -3.47. The molecule has 0 radical (unpaired) electrons. The lowest BCUT2D eigenvalue weighted by Crippen LogP contribution is -2.58. The molecule has 7 N–H and O–H groups in total. The Bertz CT molecular complexity index is 1080. The molecule has 0 fully saturated rings. The summed E-state index contributed by atoms with van der Waals surface area (Å²) in [4.78, 5) is 64.1. The molecule has 4 amide bonds. The first-order valence-corrected chi connectivity index (χ1v) is 15.8. The summed E-state index contributed by atoms with van der Waals surface area (Å²) < 4.78 is 0. The fraction of sp³-hybridized carbons (Fsp3) is 0.667. The SMILES string of the molecule is CC[C@H](C)[C@H](NC(=O)CC(N)C(Cc1ccccc1)NC(=O)[C@H](CC(C)C)NC(=O)CC(C)C)C(=O)N[C@H](C(=O)O)C(C)C. The highest BCUT2D eigenvalue weighted by molar-refractivity contribution is 5.91. The maximum atomic E-state index is 13.5. The number of aliphatic carboxylic acids is 1. The van der Waals surface area contributed by atoms with Gasteiger partial charge in [0, 0.05) is 24.9 Å². The van der Waals surface area contributed by atoms with Gasteiger partial charge >= 0.3 is 5.97 Å². The van der Waals surface area contributed by atoms with Crippen LogP contribution in [0.5, 0.6) is 0 Å². The lowest BCUT2D eigenvalue weighted by molar-refractivity contribution is -0.143. The Morgan fingerprint density at radius 3 is 1.84 bits per heavy atom. The van der Waals surface area contributed by atoms with Crippen molar-refractivity contribution in [3.05, 3.63) is 35.9 Å². The van der Waals surface area contributed by atoms with Crippen molar-refractivity contribution in [2.75, 3.05) is 0 Å². The van der Waals surface area contributed by atoms with E-state index in [0.717, 1.165) is 5.56 Å². The summed E-state index contributed by atoms with van der Waals surface area (Å²) >= 11 is 0. The molecule has 0 bridgehead atoms. The number of hydrogen-bond acceptors (Lipinski definition) is 6. The zero-order valence-corrected chi connectivity index (χ0v) is 27.7. The molecule has 0 spiro atoms. The number of nitrogens with two attached hydrogens (primary N) is 1. The third-order valence-corrected chi connectivity index (χ3v) is 7.56. The van der Waals surface area contributed by atoms with Crippen molar-refractivity contribution in [2.45, 2.75) is 118 Å². The van der Waals surface area contributed by atoms with Gasteiger partial charge < -0.3 is 32.1 Å². The first-order valence-electron chi connectivity index (χ1n) is 15.8. The highest BCUT2D eigenvalue weighted by Crippen LogP contribution is 2.14. The van der Waals surface area contributed by atoms with Crippen molar-refractivity contribution in [3.8, 4) is 0 Å². The molecule has 11 heteroatoms. The molecule has 0 aliphatic carbocycles. The first-order chi connectivity index (χ1) is 20.5. The van der Waals surface area contributed by atoms with E-state index in [1.54, 1.807) is 20.8 Å². The number of nitrogens with one attached hydrogen (secondary N) is 4. The topological polar surface area (TPSA) is 180 Å². The van der Waals surface area contributed by atoms with Crippen molar-refractivity contribution in [3.63, 3.8) is 0 Å². The summed E-state index contributed by atoms with van der Waals surface area (Å²) in [6, 6.07) is 5.12. The zero-order valence-electron chi connectivity index (χ0n) is 27.7. The van der Waals surface area contributed by atoms with Gasteiger partial charge in [-0.1, -0.05) is 92.1 Å². The second-order valence-electron chi connectivity index (χ2n) is 13.0. The second kappa shape index (κ2) is 19.0. The van der Waals surface area contributed by atoms with E-state index in [4.69, 9.17) is 5.73 Å². The van der Waals surface area contributed by atoms with Gasteiger partial charge in [-0.25, -0.2) is 4.79 Å². The van der Waals surface area contributed by atoms with Gasteiger partial charge in [-0.15, -0.1) is 0 Å². The Labute approximate surface area is 262 Å². The number of benzene rings is 1. The monoisotopic (exact) mass is 617 g/mol. The Morgan fingerprint density at radius 2 is 1.34 bits per heavy atom. The summed E-state index contributed by atoms with van der Waals surface area (Å²) in [5.41, 5.74) is 7.47. The second-order valence-corrected chi connectivity index (χ2v) is 13.0. The first kappa shape index (κ1) is 38.6. The maximum Gasteiger partial charge on any atom is 0.326 e. The smallest absolute Gasteiger partial charge is 0.326 e. The van der Waals surface area contributed by atoms with Crippen LogP contribution in [-0.2, 0) is 30.4 Å². The number of hydrogen-bond donors (Lipinski definition) is 6. The van der Waals surface area contributed by atoms with Crippen molar-refractivity contribution >= 4 is 29.6 Å². The van der Waals surface area contributed by atoms with Crippen LogP contribution in [0.2, 0.25) is 0 Å². The van der Waals surface area contributed by atoms with Crippen LogP contribution in [0.15, 0.2) is 30.3 Å². The lowest BCUT2D eigenvalue weighted by atomic mass is 9.94. The number of carboxylic acids is 1. The molecule has 2 unspecified atom stereocenters. The van der Waals surface area contributed by atoms with Gasteiger partial charge in [-0.05, 0) is 42.1 Å². The lowest BCUT2D eigenvalue weighted by Gasteiger charge is -2.30. The van der Waals surface area contributed by atoms with E-state index in [9.17, 15) is 29.1 Å². The molecule has 11 nitrogen and oxygen atoms in total. The van der Waals surface area contributed by atoms with Gasteiger partial charge in [0.25, 0.3) is 0 Å². The van der Waals surface area contributed by atoms with E-state index < -0.39 is 48.0 Å². The summed E-state index contributed by atoms with van der Waals surface area (Å²) in [5.74, 6) is -3.16. The molecule has 0 heterocycles. The van der Waals surface area contributed by atoms with Crippen LogP contribution < -0.4 is 27.0 Å². The molecular formula is C33H55N5O6. The van der Waals surface area contributed by atoms with E-state index >= 15 is 0 Å². The van der Waals surface area contributed by atoms with E-state index in [2.05, 4.69) is 21.3 Å². The minimum absolute atomic E-state index is 0.136. The number of carboxylic acid groups (broad SMARTS) is 1. The van der Waals surface area contributed by atoms with Crippen LogP contribution >= 0.6 is 0 Å². The number of carbonyl (C=O) groups excluding carboxylic acids is 4. The summed E-state index contributed by atoms with van der Waals surface area (Å²) in [7, 11) is 0. The summed E-state index contributed by atoms with van der Waals surface area (Å²) in [6.07, 6.45) is 1.45. The predicted octanol–water partition coefficient (Wildman–Crippen LogP) is 2.76. The third-order valence-electron chi connectivity index (χ3n) is 7.56. The van der Waals surface area contributed by atoms with Crippen molar-refractivity contribution in [1.29, 1.82) is 0 Å². The standard InChI is InChI=1S/C33H55N5O6/c1-9-22(8)30(32(42)38-29(21(6)7)33(43)44)37-28(40)18-24(34)25(17-23-13-11-10-12-14-23)36-31(41)26(15-19(2)3)35-27(39)16-20(4)5/h10-14,19-22,24-26,29-30H,9,15-18,34H2,1-8H3,(H,35,39)(H,36,41)(H,37,40)(H,38,42)(H,43,44)/t22-,24?,25?,26-,29-,30-/m0/s1. The van der Waals surface area contributed by atoms with Crippen LogP contribution in [-0.4, -0.2) is 64.9 Å². The van der Waals surface area contributed by atoms with Gasteiger partial charge in [-0.3, -0.25) is 19.2 Å². The highest BCUT2D eigenvalue weighted by Gasteiger charge is 2.33. The van der Waals surface area contributed by atoms with Gasteiger partial charge in [0.2, 0.25) is 23.6 Å². The zero-order chi connectivity index (χ0) is 33.6. The summed E-state index contributed by atoms with van der Waals surface area (Å²) in [6.45, 7) is 14.9. The van der Waals surface area contributed by atoms with Gasteiger partial charge in [-0.2, -0.15) is 0 Å². The number of amides is 4. The predicted molar refractivity (Wildman–Crippen MR) is 171 cm³/mol. The largest absolute Gasteiger partial charge is 0.480 e. The molecule has 44 heavy (non-hydrogen) atoms. The minimum atomic E-state index is -1.15. The fourth-order valence-electron chi connectivity index (χ4n) is 4.83. The van der Waals surface area contributed by atoms with E-state index in [1.807, 2.05) is 65.0 Å². The fourth-order valence-corrected chi connectivity index (χ4v) is 4.83. The average molecular weight is 618 g/mol. The van der Waals surface area contributed by atoms with Crippen molar-refractivity contribution in [1.82, 2.24) is 21.3 Å².